The molecule has 3 heteroatoms. The quantitative estimate of drug-likeness (QED) is 0.876. The van der Waals surface area contributed by atoms with Gasteiger partial charge in [-0.1, -0.05) is 0 Å². The number of nitrogens with zero attached hydrogens (tertiary/aromatic N) is 1. The summed E-state index contributed by atoms with van der Waals surface area (Å²) in [5.74, 6) is -0.173. The van der Waals surface area contributed by atoms with Crippen molar-refractivity contribution in [1.29, 1.82) is 0 Å². The maximum absolute atomic E-state index is 13.1. The summed E-state index contributed by atoms with van der Waals surface area (Å²) in [7, 11) is 0. The third kappa shape index (κ3) is 2.41. The molecule has 1 aliphatic rings. The maximum Gasteiger partial charge on any atom is 0.125 e. The van der Waals surface area contributed by atoms with Gasteiger partial charge in [0.2, 0.25) is 0 Å². The average molecular weight is 246 g/mol. The number of aromatic nitrogens is 1. The van der Waals surface area contributed by atoms with Gasteiger partial charge in [0.25, 0.3) is 0 Å². The van der Waals surface area contributed by atoms with Crippen molar-refractivity contribution in [2.45, 2.75) is 25.7 Å². The van der Waals surface area contributed by atoms with Gasteiger partial charge in [0.05, 0.1) is 0 Å². The number of aryl methyl sites for hydroxylation is 1. The first-order valence-corrected chi connectivity index (χ1v) is 6.81. The van der Waals surface area contributed by atoms with Crippen molar-refractivity contribution in [2.24, 2.45) is 0 Å². The Balaban J connectivity index is 1.63. The molecular weight excluding hydrogens is 227 g/mol. The molecule has 96 valence electrons. The number of hydrogen-bond donors (Lipinski definition) is 1. The molecule has 0 unspecified atom stereocenters. The minimum atomic E-state index is -0.173. The van der Waals surface area contributed by atoms with Crippen LogP contribution in [0.15, 0.2) is 24.4 Å². The second-order valence-electron chi connectivity index (χ2n) is 5.16. The fourth-order valence-electron chi connectivity index (χ4n) is 2.86. The summed E-state index contributed by atoms with van der Waals surface area (Å²) in [6, 6.07) is 4.99. The Kier molecular flexibility index (Phi) is 3.33. The molecule has 1 fully saturated rings. The average Bonchev–Trinajstić information content (AvgIpc) is 2.99. The number of aromatic amines is 1. The summed E-state index contributed by atoms with van der Waals surface area (Å²) in [6.45, 7) is 3.71. The van der Waals surface area contributed by atoms with E-state index in [0.29, 0.717) is 0 Å². The lowest BCUT2D eigenvalue weighted by Gasteiger charge is -2.13. The minimum absolute atomic E-state index is 0.173. The maximum atomic E-state index is 13.1. The van der Waals surface area contributed by atoms with Gasteiger partial charge in [0.15, 0.2) is 0 Å². The molecule has 1 aromatic carbocycles. The highest BCUT2D eigenvalue weighted by molar-refractivity contribution is 5.83. The third-order valence-electron chi connectivity index (χ3n) is 3.85. The molecule has 1 N–H and O–H groups in total. The number of likely N-dealkylation sites (tertiary alicyclic amines) is 1. The van der Waals surface area contributed by atoms with E-state index in [0.717, 1.165) is 17.3 Å². The molecule has 0 atom stereocenters. The predicted molar refractivity (Wildman–Crippen MR) is 72.3 cm³/mol. The SMILES string of the molecule is Fc1ccc2c(CCCN3CCCC3)c[nH]c2c1. The number of benzene rings is 1. The molecule has 2 nitrogen and oxygen atoms in total. The Morgan fingerprint density at radius 2 is 2.06 bits per heavy atom. The van der Waals surface area contributed by atoms with Crippen molar-refractivity contribution in [3.05, 3.63) is 35.8 Å². The van der Waals surface area contributed by atoms with Crippen LogP contribution in [0.4, 0.5) is 4.39 Å². The van der Waals surface area contributed by atoms with Crippen molar-refractivity contribution in [1.82, 2.24) is 9.88 Å². The molecule has 0 spiro atoms. The van der Waals surface area contributed by atoms with E-state index in [2.05, 4.69) is 9.88 Å². The van der Waals surface area contributed by atoms with Crippen LogP contribution in [-0.4, -0.2) is 29.5 Å². The van der Waals surface area contributed by atoms with Gasteiger partial charge in [0, 0.05) is 17.1 Å². The molecule has 1 aromatic heterocycles. The summed E-state index contributed by atoms with van der Waals surface area (Å²) >= 11 is 0. The first kappa shape index (κ1) is 11.7. The fourth-order valence-corrected chi connectivity index (χ4v) is 2.86. The molecule has 1 saturated heterocycles. The molecule has 0 bridgehead atoms. The van der Waals surface area contributed by atoms with Gasteiger partial charge >= 0.3 is 0 Å². The van der Waals surface area contributed by atoms with Crippen LogP contribution >= 0.6 is 0 Å². The summed E-state index contributed by atoms with van der Waals surface area (Å²) in [5.41, 5.74) is 2.22. The van der Waals surface area contributed by atoms with Crippen molar-refractivity contribution in [2.75, 3.05) is 19.6 Å². The van der Waals surface area contributed by atoms with Gasteiger partial charge in [-0.05, 0) is 69.1 Å². The van der Waals surface area contributed by atoms with Gasteiger partial charge in [-0.2, -0.15) is 0 Å². The second-order valence-corrected chi connectivity index (χ2v) is 5.16. The zero-order valence-electron chi connectivity index (χ0n) is 10.6. The zero-order chi connectivity index (χ0) is 12.4. The molecular formula is C15H19FN2. The molecule has 0 radical (unpaired) electrons. The van der Waals surface area contributed by atoms with Gasteiger partial charge in [-0.3, -0.25) is 0 Å². The lowest BCUT2D eigenvalue weighted by atomic mass is 10.1. The van der Waals surface area contributed by atoms with Crippen LogP contribution in [0.2, 0.25) is 0 Å². The van der Waals surface area contributed by atoms with E-state index < -0.39 is 0 Å². The van der Waals surface area contributed by atoms with Crippen LogP contribution in [0.5, 0.6) is 0 Å². The summed E-state index contributed by atoms with van der Waals surface area (Å²) in [6.07, 6.45) is 6.99. The Hall–Kier alpha value is -1.35. The van der Waals surface area contributed by atoms with E-state index in [1.165, 1.54) is 44.5 Å². The van der Waals surface area contributed by atoms with E-state index in [1.54, 1.807) is 12.1 Å². The highest BCUT2D eigenvalue weighted by Gasteiger charge is 2.11. The third-order valence-corrected chi connectivity index (χ3v) is 3.85. The smallest absolute Gasteiger partial charge is 0.125 e. The summed E-state index contributed by atoms with van der Waals surface area (Å²) < 4.78 is 13.1. The van der Waals surface area contributed by atoms with Crippen LogP contribution in [0.1, 0.15) is 24.8 Å². The van der Waals surface area contributed by atoms with Crippen molar-refractivity contribution >= 4 is 10.9 Å². The van der Waals surface area contributed by atoms with Crippen LogP contribution in [0.25, 0.3) is 10.9 Å². The standard InChI is InChI=1S/C15H19FN2/c16-13-5-6-14-12(11-17-15(14)10-13)4-3-9-18-7-1-2-8-18/h5-6,10-11,17H,1-4,7-9H2. The summed E-state index contributed by atoms with van der Waals surface area (Å²) in [4.78, 5) is 5.69. The number of rotatable bonds is 4. The van der Waals surface area contributed by atoms with Gasteiger partial charge in [0.1, 0.15) is 5.82 Å². The Morgan fingerprint density at radius 3 is 2.89 bits per heavy atom. The molecule has 0 saturated carbocycles. The van der Waals surface area contributed by atoms with Crippen LogP contribution < -0.4 is 0 Å². The fraction of sp³-hybridized carbons (Fsp3) is 0.467. The first-order valence-electron chi connectivity index (χ1n) is 6.81. The predicted octanol–water partition coefficient (Wildman–Crippen LogP) is 3.34. The van der Waals surface area contributed by atoms with Crippen LogP contribution in [0, 0.1) is 5.82 Å². The highest BCUT2D eigenvalue weighted by Crippen LogP contribution is 2.20. The van der Waals surface area contributed by atoms with Gasteiger partial charge in [-0.25, -0.2) is 4.39 Å². The molecule has 3 rings (SSSR count). The number of fused-ring (bicyclic) bond motifs is 1. The minimum Gasteiger partial charge on any atom is -0.361 e. The van der Waals surface area contributed by atoms with Crippen molar-refractivity contribution in [3.8, 4) is 0 Å². The Labute approximate surface area is 107 Å². The Morgan fingerprint density at radius 1 is 1.22 bits per heavy atom. The first-order chi connectivity index (χ1) is 8.83. The second kappa shape index (κ2) is 5.11. The normalized spacial score (nSPS) is 16.7. The number of nitrogens with one attached hydrogen (secondary N) is 1. The van der Waals surface area contributed by atoms with Crippen molar-refractivity contribution in [3.63, 3.8) is 0 Å². The summed E-state index contributed by atoms with van der Waals surface area (Å²) in [5, 5.41) is 1.16. The van der Waals surface area contributed by atoms with Crippen molar-refractivity contribution < 1.29 is 4.39 Å². The van der Waals surface area contributed by atoms with E-state index in [-0.39, 0.29) is 5.82 Å². The van der Waals surface area contributed by atoms with E-state index in [1.807, 2.05) is 12.3 Å². The topological polar surface area (TPSA) is 19.0 Å². The largest absolute Gasteiger partial charge is 0.361 e. The highest BCUT2D eigenvalue weighted by atomic mass is 19.1. The van der Waals surface area contributed by atoms with E-state index in [4.69, 9.17) is 0 Å². The lowest BCUT2D eigenvalue weighted by Crippen LogP contribution is -2.20. The lowest BCUT2D eigenvalue weighted by molar-refractivity contribution is 0.334. The molecule has 0 aliphatic carbocycles. The molecule has 18 heavy (non-hydrogen) atoms. The molecule has 2 aromatic rings. The van der Waals surface area contributed by atoms with E-state index >= 15 is 0 Å². The molecule has 0 amide bonds. The number of hydrogen-bond acceptors (Lipinski definition) is 1. The number of H-pyrrole nitrogens is 1. The molecule has 2 heterocycles. The van der Waals surface area contributed by atoms with E-state index in [9.17, 15) is 4.39 Å². The van der Waals surface area contributed by atoms with Gasteiger partial charge in [-0.15, -0.1) is 0 Å². The van der Waals surface area contributed by atoms with Crippen LogP contribution in [0.3, 0.4) is 0 Å². The van der Waals surface area contributed by atoms with Gasteiger partial charge < -0.3 is 9.88 Å². The molecule has 1 aliphatic heterocycles. The number of halogens is 1. The zero-order valence-corrected chi connectivity index (χ0v) is 10.6. The van der Waals surface area contributed by atoms with Crippen LogP contribution in [-0.2, 0) is 6.42 Å². The monoisotopic (exact) mass is 246 g/mol. The Bertz CT molecular complexity index is 526.